The Morgan fingerprint density at radius 3 is 2.19 bits per heavy atom. The van der Waals surface area contributed by atoms with Crippen LogP contribution in [0.25, 0.3) is 0 Å². The third-order valence-corrected chi connectivity index (χ3v) is 5.36. The predicted molar refractivity (Wildman–Crippen MR) is 80.8 cm³/mol. The minimum absolute atomic E-state index is 0.106. The molecule has 0 aromatic heterocycles. The Morgan fingerprint density at radius 2 is 1.71 bits per heavy atom. The van der Waals surface area contributed by atoms with Crippen LogP contribution in [-0.2, 0) is 9.59 Å². The standard InChI is InChI=1S/C16H28N2O3/c1-2-5-15(14(20)21)8-10-18(11-9-15)13(19)12-16(17)6-3-4-7-16/h2-12,17H2,1H3,(H,20,21). The third kappa shape index (κ3) is 3.57. The molecule has 0 atom stereocenters. The lowest BCUT2D eigenvalue weighted by Gasteiger charge is -2.39. The summed E-state index contributed by atoms with van der Waals surface area (Å²) in [5.74, 6) is -0.600. The van der Waals surface area contributed by atoms with Crippen LogP contribution in [-0.4, -0.2) is 40.5 Å². The molecule has 1 aliphatic heterocycles. The van der Waals surface area contributed by atoms with Crippen LogP contribution in [0.15, 0.2) is 0 Å². The smallest absolute Gasteiger partial charge is 0.309 e. The number of hydrogen-bond donors (Lipinski definition) is 2. The molecule has 2 aliphatic rings. The van der Waals surface area contributed by atoms with E-state index in [4.69, 9.17) is 5.73 Å². The molecule has 2 fully saturated rings. The lowest BCUT2D eigenvalue weighted by molar-refractivity contribution is -0.155. The van der Waals surface area contributed by atoms with Gasteiger partial charge in [0.1, 0.15) is 0 Å². The first-order chi connectivity index (χ1) is 9.91. The van der Waals surface area contributed by atoms with Gasteiger partial charge in [-0.15, -0.1) is 0 Å². The molecule has 5 nitrogen and oxygen atoms in total. The normalized spacial score (nSPS) is 24.0. The van der Waals surface area contributed by atoms with Crippen molar-refractivity contribution in [2.45, 2.75) is 70.3 Å². The summed E-state index contributed by atoms with van der Waals surface area (Å²) in [5, 5.41) is 9.49. The van der Waals surface area contributed by atoms with Gasteiger partial charge in [-0.2, -0.15) is 0 Å². The number of amides is 1. The highest BCUT2D eigenvalue weighted by Gasteiger charge is 2.42. The second-order valence-electron chi connectivity index (χ2n) is 6.96. The molecule has 2 rings (SSSR count). The molecule has 0 bridgehead atoms. The Labute approximate surface area is 126 Å². The minimum atomic E-state index is -0.706. The van der Waals surface area contributed by atoms with Crippen LogP contribution in [0, 0.1) is 5.41 Å². The zero-order valence-electron chi connectivity index (χ0n) is 13.1. The second kappa shape index (κ2) is 6.34. The molecule has 120 valence electrons. The first-order valence-electron chi connectivity index (χ1n) is 8.21. The quantitative estimate of drug-likeness (QED) is 0.814. The highest BCUT2D eigenvalue weighted by atomic mass is 16.4. The van der Waals surface area contributed by atoms with Crippen molar-refractivity contribution in [1.82, 2.24) is 4.90 Å². The molecule has 1 heterocycles. The predicted octanol–water partition coefficient (Wildman–Crippen LogP) is 2.14. The topological polar surface area (TPSA) is 83.6 Å². The van der Waals surface area contributed by atoms with Gasteiger partial charge in [0.05, 0.1) is 5.41 Å². The first-order valence-corrected chi connectivity index (χ1v) is 8.21. The number of likely N-dealkylation sites (tertiary alicyclic amines) is 1. The van der Waals surface area contributed by atoms with Crippen molar-refractivity contribution in [3.05, 3.63) is 0 Å². The number of nitrogens with two attached hydrogens (primary N) is 1. The number of piperidine rings is 1. The summed E-state index contributed by atoms with van der Waals surface area (Å²) in [6, 6.07) is 0. The molecular weight excluding hydrogens is 268 g/mol. The second-order valence-corrected chi connectivity index (χ2v) is 6.96. The van der Waals surface area contributed by atoms with Crippen molar-refractivity contribution in [2.75, 3.05) is 13.1 Å². The van der Waals surface area contributed by atoms with Crippen LogP contribution in [0.4, 0.5) is 0 Å². The minimum Gasteiger partial charge on any atom is -0.481 e. The van der Waals surface area contributed by atoms with Crippen LogP contribution in [0.3, 0.4) is 0 Å². The lowest BCUT2D eigenvalue weighted by Crippen LogP contribution is -2.49. The number of rotatable bonds is 5. The largest absolute Gasteiger partial charge is 0.481 e. The van der Waals surface area contributed by atoms with Crippen LogP contribution >= 0.6 is 0 Å². The molecule has 1 aliphatic carbocycles. The number of carboxylic acids is 1. The van der Waals surface area contributed by atoms with E-state index in [1.807, 2.05) is 11.8 Å². The monoisotopic (exact) mass is 296 g/mol. The van der Waals surface area contributed by atoms with Crippen molar-refractivity contribution in [3.63, 3.8) is 0 Å². The number of aliphatic carboxylic acids is 1. The number of nitrogens with zero attached hydrogens (tertiary/aromatic N) is 1. The van der Waals surface area contributed by atoms with Gasteiger partial charge >= 0.3 is 5.97 Å². The van der Waals surface area contributed by atoms with Gasteiger partial charge < -0.3 is 15.7 Å². The Kier molecular flexibility index (Phi) is 4.91. The fourth-order valence-corrected chi connectivity index (χ4v) is 3.90. The van der Waals surface area contributed by atoms with E-state index in [-0.39, 0.29) is 11.4 Å². The van der Waals surface area contributed by atoms with Crippen molar-refractivity contribution in [1.29, 1.82) is 0 Å². The number of carbonyl (C=O) groups excluding carboxylic acids is 1. The van der Waals surface area contributed by atoms with Gasteiger partial charge in [-0.1, -0.05) is 26.2 Å². The SMILES string of the molecule is CCCC1(C(=O)O)CCN(C(=O)CC2(N)CCCC2)CC1. The number of hydrogen-bond acceptors (Lipinski definition) is 3. The van der Waals surface area contributed by atoms with Crippen molar-refractivity contribution < 1.29 is 14.7 Å². The molecule has 3 N–H and O–H groups in total. The van der Waals surface area contributed by atoms with Gasteiger partial charge in [-0.05, 0) is 32.1 Å². The fourth-order valence-electron chi connectivity index (χ4n) is 3.90. The van der Waals surface area contributed by atoms with E-state index in [2.05, 4.69) is 0 Å². The Bertz CT molecular complexity index is 394. The molecule has 5 heteroatoms. The summed E-state index contributed by atoms with van der Waals surface area (Å²) in [5.41, 5.74) is 5.33. The molecule has 0 radical (unpaired) electrons. The van der Waals surface area contributed by atoms with E-state index < -0.39 is 11.4 Å². The third-order valence-electron chi connectivity index (χ3n) is 5.36. The highest BCUT2D eigenvalue weighted by Crippen LogP contribution is 2.37. The van der Waals surface area contributed by atoms with E-state index in [1.54, 1.807) is 0 Å². The van der Waals surface area contributed by atoms with Gasteiger partial charge in [0.15, 0.2) is 0 Å². The Morgan fingerprint density at radius 1 is 1.14 bits per heavy atom. The van der Waals surface area contributed by atoms with Crippen LogP contribution in [0.5, 0.6) is 0 Å². The summed E-state index contributed by atoms with van der Waals surface area (Å²) in [4.78, 5) is 25.8. The summed E-state index contributed by atoms with van der Waals surface area (Å²) in [7, 11) is 0. The fraction of sp³-hybridized carbons (Fsp3) is 0.875. The Balaban J connectivity index is 1.90. The maximum absolute atomic E-state index is 12.4. The average molecular weight is 296 g/mol. The van der Waals surface area contributed by atoms with E-state index in [1.165, 1.54) is 0 Å². The van der Waals surface area contributed by atoms with Gasteiger partial charge in [0.2, 0.25) is 5.91 Å². The summed E-state index contributed by atoms with van der Waals surface area (Å²) in [6.45, 7) is 3.13. The molecule has 1 saturated heterocycles. The average Bonchev–Trinajstić information content (AvgIpc) is 2.86. The van der Waals surface area contributed by atoms with Gasteiger partial charge in [0.25, 0.3) is 0 Å². The first kappa shape index (κ1) is 16.3. The van der Waals surface area contributed by atoms with Gasteiger partial charge in [-0.25, -0.2) is 0 Å². The van der Waals surface area contributed by atoms with Crippen molar-refractivity contribution >= 4 is 11.9 Å². The van der Waals surface area contributed by atoms with E-state index in [0.29, 0.717) is 38.8 Å². The van der Waals surface area contributed by atoms with E-state index in [0.717, 1.165) is 32.1 Å². The zero-order chi connectivity index (χ0) is 15.5. The van der Waals surface area contributed by atoms with Crippen LogP contribution in [0.1, 0.15) is 64.7 Å². The van der Waals surface area contributed by atoms with Gasteiger partial charge in [-0.3, -0.25) is 9.59 Å². The molecule has 0 aromatic carbocycles. The van der Waals surface area contributed by atoms with Crippen molar-refractivity contribution in [3.8, 4) is 0 Å². The summed E-state index contributed by atoms with van der Waals surface area (Å²) >= 11 is 0. The highest BCUT2D eigenvalue weighted by molar-refractivity contribution is 5.79. The van der Waals surface area contributed by atoms with Crippen LogP contribution in [0.2, 0.25) is 0 Å². The lowest BCUT2D eigenvalue weighted by atomic mass is 9.75. The maximum atomic E-state index is 12.4. The molecular formula is C16H28N2O3. The molecule has 0 unspecified atom stereocenters. The van der Waals surface area contributed by atoms with Gasteiger partial charge in [0, 0.05) is 25.0 Å². The van der Waals surface area contributed by atoms with Crippen molar-refractivity contribution in [2.24, 2.45) is 11.1 Å². The van der Waals surface area contributed by atoms with E-state index >= 15 is 0 Å². The number of carbonyl (C=O) groups is 2. The molecule has 0 spiro atoms. The summed E-state index contributed by atoms with van der Waals surface area (Å²) < 4.78 is 0. The Hall–Kier alpha value is -1.10. The molecule has 0 aromatic rings. The maximum Gasteiger partial charge on any atom is 0.309 e. The van der Waals surface area contributed by atoms with E-state index in [9.17, 15) is 14.7 Å². The molecule has 1 amide bonds. The zero-order valence-corrected chi connectivity index (χ0v) is 13.1. The summed E-state index contributed by atoms with van der Waals surface area (Å²) in [6.07, 6.45) is 7.21. The molecule has 1 saturated carbocycles. The number of carboxylic acid groups (broad SMARTS) is 1. The van der Waals surface area contributed by atoms with Crippen LogP contribution < -0.4 is 5.73 Å². The molecule has 21 heavy (non-hydrogen) atoms.